The van der Waals surface area contributed by atoms with E-state index in [0.717, 1.165) is 5.56 Å². The van der Waals surface area contributed by atoms with Crippen molar-refractivity contribution < 1.29 is 14.0 Å². The summed E-state index contributed by atoms with van der Waals surface area (Å²) in [5, 5.41) is 5.43. The van der Waals surface area contributed by atoms with Crippen molar-refractivity contribution in [2.75, 3.05) is 5.32 Å². The number of carbonyl (C=O) groups excluding carboxylic acids is 2. The first-order chi connectivity index (χ1) is 9.15. The van der Waals surface area contributed by atoms with Crippen LogP contribution < -0.4 is 10.6 Å². The molecule has 0 atom stereocenters. The Morgan fingerprint density at radius 1 is 1.21 bits per heavy atom. The van der Waals surface area contributed by atoms with Crippen molar-refractivity contribution in [2.24, 2.45) is 0 Å². The molecule has 2 aromatic rings. The van der Waals surface area contributed by atoms with Crippen LogP contribution in [0.3, 0.4) is 0 Å². The first-order valence-electron chi connectivity index (χ1n) is 5.83. The average Bonchev–Trinajstić information content (AvgIpc) is 2.89. The van der Waals surface area contributed by atoms with Gasteiger partial charge in [-0.1, -0.05) is 12.1 Å². The number of rotatable bonds is 4. The smallest absolute Gasteiger partial charge is 0.287 e. The standard InChI is InChI=1S/C14H14N2O3/c1-10(17)16-12-5-2-4-11(8-12)9-15-14(18)13-6-3-7-19-13/h2-8H,9H2,1H3,(H,15,18)(H,16,17). The van der Waals surface area contributed by atoms with Gasteiger partial charge in [0, 0.05) is 19.2 Å². The van der Waals surface area contributed by atoms with Crippen molar-refractivity contribution >= 4 is 17.5 Å². The molecule has 0 radical (unpaired) electrons. The number of benzene rings is 1. The molecule has 0 unspecified atom stereocenters. The van der Waals surface area contributed by atoms with Crippen molar-refractivity contribution in [3.63, 3.8) is 0 Å². The summed E-state index contributed by atoms with van der Waals surface area (Å²) in [5.41, 5.74) is 1.60. The molecular weight excluding hydrogens is 244 g/mol. The van der Waals surface area contributed by atoms with E-state index in [1.165, 1.54) is 13.2 Å². The molecule has 0 fully saturated rings. The summed E-state index contributed by atoms with van der Waals surface area (Å²) in [4.78, 5) is 22.6. The fourth-order valence-electron chi connectivity index (χ4n) is 1.64. The Hall–Kier alpha value is -2.56. The van der Waals surface area contributed by atoms with E-state index >= 15 is 0 Å². The molecule has 0 saturated carbocycles. The minimum Gasteiger partial charge on any atom is -0.459 e. The van der Waals surface area contributed by atoms with Crippen LogP contribution in [0.2, 0.25) is 0 Å². The number of amides is 2. The van der Waals surface area contributed by atoms with Gasteiger partial charge in [-0.2, -0.15) is 0 Å². The average molecular weight is 258 g/mol. The molecule has 0 saturated heterocycles. The quantitative estimate of drug-likeness (QED) is 0.882. The van der Waals surface area contributed by atoms with Gasteiger partial charge in [0.25, 0.3) is 5.91 Å². The number of hydrogen-bond donors (Lipinski definition) is 2. The normalized spacial score (nSPS) is 9.95. The highest BCUT2D eigenvalue weighted by molar-refractivity contribution is 5.91. The lowest BCUT2D eigenvalue weighted by atomic mass is 10.2. The molecule has 2 amide bonds. The molecular formula is C14H14N2O3. The highest BCUT2D eigenvalue weighted by Gasteiger charge is 2.07. The molecule has 98 valence electrons. The first kappa shape index (κ1) is 12.9. The minimum atomic E-state index is -0.269. The molecule has 1 aromatic carbocycles. The van der Waals surface area contributed by atoms with Crippen LogP contribution >= 0.6 is 0 Å². The molecule has 5 nitrogen and oxygen atoms in total. The molecule has 0 aliphatic rings. The van der Waals surface area contributed by atoms with Gasteiger partial charge in [0.2, 0.25) is 5.91 Å². The molecule has 5 heteroatoms. The third-order valence-electron chi connectivity index (χ3n) is 2.45. The second kappa shape index (κ2) is 5.86. The fraction of sp³-hybridized carbons (Fsp3) is 0.143. The van der Waals surface area contributed by atoms with Crippen LogP contribution in [0.1, 0.15) is 23.0 Å². The van der Waals surface area contributed by atoms with E-state index in [-0.39, 0.29) is 17.6 Å². The van der Waals surface area contributed by atoms with E-state index in [1.807, 2.05) is 18.2 Å². The van der Waals surface area contributed by atoms with Crippen molar-refractivity contribution in [1.29, 1.82) is 0 Å². The number of nitrogens with one attached hydrogen (secondary N) is 2. The second-order valence-corrected chi connectivity index (χ2v) is 4.04. The zero-order valence-electron chi connectivity index (χ0n) is 10.5. The zero-order valence-corrected chi connectivity index (χ0v) is 10.5. The van der Waals surface area contributed by atoms with E-state index in [0.29, 0.717) is 12.2 Å². The summed E-state index contributed by atoms with van der Waals surface area (Å²) >= 11 is 0. The van der Waals surface area contributed by atoms with Gasteiger partial charge in [-0.05, 0) is 29.8 Å². The van der Waals surface area contributed by atoms with Crippen LogP contribution in [0.25, 0.3) is 0 Å². The van der Waals surface area contributed by atoms with Crippen molar-refractivity contribution in [3.8, 4) is 0 Å². The number of furan rings is 1. The summed E-state index contributed by atoms with van der Waals surface area (Å²) in [7, 11) is 0. The topological polar surface area (TPSA) is 71.3 Å². The van der Waals surface area contributed by atoms with Gasteiger partial charge in [-0.3, -0.25) is 9.59 Å². The highest BCUT2D eigenvalue weighted by Crippen LogP contribution is 2.10. The predicted molar refractivity (Wildman–Crippen MR) is 70.6 cm³/mol. The van der Waals surface area contributed by atoms with Crippen LogP contribution in [0.4, 0.5) is 5.69 Å². The van der Waals surface area contributed by atoms with E-state index in [1.54, 1.807) is 18.2 Å². The summed E-state index contributed by atoms with van der Waals surface area (Å²) < 4.78 is 4.99. The lowest BCUT2D eigenvalue weighted by Gasteiger charge is -2.06. The van der Waals surface area contributed by atoms with Gasteiger partial charge in [0.1, 0.15) is 0 Å². The van der Waals surface area contributed by atoms with Gasteiger partial charge in [0.05, 0.1) is 6.26 Å². The Morgan fingerprint density at radius 2 is 2.05 bits per heavy atom. The third-order valence-corrected chi connectivity index (χ3v) is 2.45. The number of anilines is 1. The molecule has 0 bridgehead atoms. The maximum absolute atomic E-state index is 11.7. The Balaban J connectivity index is 1.96. The Bertz CT molecular complexity index is 576. The molecule has 1 aromatic heterocycles. The molecule has 2 rings (SSSR count). The Morgan fingerprint density at radius 3 is 2.74 bits per heavy atom. The predicted octanol–water partition coefficient (Wildman–Crippen LogP) is 2.17. The summed E-state index contributed by atoms with van der Waals surface area (Å²) in [6.45, 7) is 1.82. The molecule has 2 N–H and O–H groups in total. The molecule has 19 heavy (non-hydrogen) atoms. The van der Waals surface area contributed by atoms with Crippen LogP contribution in [0.5, 0.6) is 0 Å². The largest absolute Gasteiger partial charge is 0.459 e. The van der Waals surface area contributed by atoms with Crippen molar-refractivity contribution in [3.05, 3.63) is 54.0 Å². The van der Waals surface area contributed by atoms with E-state index < -0.39 is 0 Å². The van der Waals surface area contributed by atoms with Gasteiger partial charge < -0.3 is 15.1 Å². The summed E-state index contributed by atoms with van der Waals surface area (Å²) in [6, 6.07) is 10.5. The summed E-state index contributed by atoms with van der Waals surface area (Å²) in [5.74, 6) is -0.121. The fourth-order valence-corrected chi connectivity index (χ4v) is 1.64. The Labute approximate surface area is 110 Å². The third kappa shape index (κ3) is 3.70. The second-order valence-electron chi connectivity index (χ2n) is 4.04. The van der Waals surface area contributed by atoms with Gasteiger partial charge in [-0.25, -0.2) is 0 Å². The van der Waals surface area contributed by atoms with E-state index in [2.05, 4.69) is 10.6 Å². The number of carbonyl (C=O) groups is 2. The monoisotopic (exact) mass is 258 g/mol. The number of hydrogen-bond acceptors (Lipinski definition) is 3. The zero-order chi connectivity index (χ0) is 13.7. The van der Waals surface area contributed by atoms with Crippen LogP contribution in [0.15, 0.2) is 47.1 Å². The Kier molecular flexibility index (Phi) is 3.97. The lowest BCUT2D eigenvalue weighted by Crippen LogP contribution is -2.22. The van der Waals surface area contributed by atoms with Crippen LogP contribution in [0, 0.1) is 0 Å². The molecule has 1 heterocycles. The first-order valence-corrected chi connectivity index (χ1v) is 5.83. The lowest BCUT2D eigenvalue weighted by molar-refractivity contribution is -0.114. The molecule has 0 spiro atoms. The van der Waals surface area contributed by atoms with Crippen LogP contribution in [-0.2, 0) is 11.3 Å². The maximum atomic E-state index is 11.7. The maximum Gasteiger partial charge on any atom is 0.287 e. The minimum absolute atomic E-state index is 0.128. The van der Waals surface area contributed by atoms with Gasteiger partial charge >= 0.3 is 0 Å². The van der Waals surface area contributed by atoms with Gasteiger partial charge in [0.15, 0.2) is 5.76 Å². The highest BCUT2D eigenvalue weighted by atomic mass is 16.3. The SMILES string of the molecule is CC(=O)Nc1cccc(CNC(=O)c2ccco2)c1. The van der Waals surface area contributed by atoms with E-state index in [4.69, 9.17) is 4.42 Å². The van der Waals surface area contributed by atoms with Crippen LogP contribution in [-0.4, -0.2) is 11.8 Å². The van der Waals surface area contributed by atoms with Crippen molar-refractivity contribution in [2.45, 2.75) is 13.5 Å². The summed E-state index contributed by atoms with van der Waals surface area (Å²) in [6.07, 6.45) is 1.45. The van der Waals surface area contributed by atoms with Gasteiger partial charge in [-0.15, -0.1) is 0 Å². The molecule has 0 aliphatic carbocycles. The van der Waals surface area contributed by atoms with E-state index in [9.17, 15) is 9.59 Å². The van der Waals surface area contributed by atoms with Crippen molar-refractivity contribution in [1.82, 2.24) is 5.32 Å². The molecule has 0 aliphatic heterocycles.